The predicted molar refractivity (Wildman–Crippen MR) is 98.8 cm³/mol. The first-order chi connectivity index (χ1) is 12.2. The van der Waals surface area contributed by atoms with E-state index in [9.17, 15) is 18.0 Å². The molecule has 0 fully saturated rings. The summed E-state index contributed by atoms with van der Waals surface area (Å²) in [4.78, 5) is 26.6. The Kier molecular flexibility index (Phi) is 6.76. The molecule has 2 aromatic rings. The van der Waals surface area contributed by atoms with Gasteiger partial charge in [-0.1, -0.05) is 17.7 Å². The fourth-order valence-corrected chi connectivity index (χ4v) is 3.69. The Morgan fingerprint density at radius 2 is 2.04 bits per heavy atom. The van der Waals surface area contributed by atoms with Crippen molar-refractivity contribution in [2.75, 3.05) is 20.7 Å². The lowest BCUT2D eigenvalue weighted by Crippen LogP contribution is -2.30. The molecule has 1 aromatic carbocycles. The Hall–Kier alpha value is -1.94. The van der Waals surface area contributed by atoms with Crippen molar-refractivity contribution in [2.24, 2.45) is 0 Å². The largest absolute Gasteiger partial charge is 0.452 e. The van der Waals surface area contributed by atoms with Gasteiger partial charge in [0.25, 0.3) is 5.91 Å². The number of benzene rings is 1. The number of likely N-dealkylation sites (N-methyl/N-ethyl adjacent to an activating group) is 1. The molecular formula is C16H17ClN2O5S2. The fourth-order valence-electron chi connectivity index (χ4n) is 1.99. The highest BCUT2D eigenvalue weighted by molar-refractivity contribution is 7.89. The van der Waals surface area contributed by atoms with Crippen LogP contribution in [0.2, 0.25) is 5.02 Å². The number of hydrogen-bond acceptors (Lipinski definition) is 6. The normalized spacial score (nSPS) is 11.2. The molecule has 140 valence electrons. The van der Waals surface area contributed by atoms with Gasteiger partial charge in [0.05, 0.1) is 22.0 Å². The number of halogens is 1. The average Bonchev–Trinajstić information content (AvgIpc) is 3.12. The Morgan fingerprint density at radius 3 is 2.65 bits per heavy atom. The monoisotopic (exact) mass is 416 g/mol. The van der Waals surface area contributed by atoms with E-state index in [-0.39, 0.29) is 21.4 Å². The molecule has 0 aliphatic carbocycles. The van der Waals surface area contributed by atoms with E-state index in [0.29, 0.717) is 6.54 Å². The molecule has 2 rings (SSSR count). The second kappa shape index (κ2) is 8.63. The highest BCUT2D eigenvalue weighted by atomic mass is 35.5. The molecule has 1 amide bonds. The zero-order chi connectivity index (χ0) is 19.3. The van der Waals surface area contributed by atoms with Crippen LogP contribution in [0, 0.1) is 0 Å². The smallest absolute Gasteiger partial charge is 0.340 e. The average molecular weight is 417 g/mol. The minimum Gasteiger partial charge on any atom is -0.452 e. The number of nitrogens with one attached hydrogen (secondary N) is 1. The topological polar surface area (TPSA) is 92.8 Å². The number of nitrogens with zero attached hydrogens (tertiary/aromatic N) is 1. The first-order valence-electron chi connectivity index (χ1n) is 7.41. The van der Waals surface area contributed by atoms with E-state index < -0.39 is 22.6 Å². The van der Waals surface area contributed by atoms with Crippen LogP contribution in [0.1, 0.15) is 15.2 Å². The van der Waals surface area contributed by atoms with Crippen LogP contribution in [-0.2, 0) is 26.1 Å². The molecule has 0 saturated carbocycles. The highest BCUT2D eigenvalue weighted by Crippen LogP contribution is 2.21. The van der Waals surface area contributed by atoms with Crippen LogP contribution in [0.15, 0.2) is 40.6 Å². The summed E-state index contributed by atoms with van der Waals surface area (Å²) in [7, 11) is -0.881. The fraction of sp³-hybridized carbons (Fsp3) is 0.250. The van der Waals surface area contributed by atoms with Gasteiger partial charge >= 0.3 is 5.97 Å². The van der Waals surface area contributed by atoms with E-state index >= 15 is 0 Å². The van der Waals surface area contributed by atoms with Crippen LogP contribution in [0.4, 0.5) is 0 Å². The quantitative estimate of drug-likeness (QED) is 0.698. The standard InChI is InChI=1S/C16H17ClN2O5S2/c1-18-26(22,23)12-5-6-14(17)13(8-12)16(21)24-10-15(20)19(2)9-11-4-3-7-25-11/h3-8,18H,9-10H2,1-2H3. The van der Waals surface area contributed by atoms with Crippen LogP contribution in [0.5, 0.6) is 0 Å². The lowest BCUT2D eigenvalue weighted by atomic mass is 10.2. The van der Waals surface area contributed by atoms with Crippen molar-refractivity contribution in [3.8, 4) is 0 Å². The number of carbonyl (C=O) groups excluding carboxylic acids is 2. The van der Waals surface area contributed by atoms with Crippen molar-refractivity contribution in [2.45, 2.75) is 11.4 Å². The van der Waals surface area contributed by atoms with Gasteiger partial charge in [-0.2, -0.15) is 0 Å². The first-order valence-corrected chi connectivity index (χ1v) is 10.1. The van der Waals surface area contributed by atoms with Crippen LogP contribution in [-0.4, -0.2) is 45.9 Å². The molecule has 0 spiro atoms. The minimum absolute atomic E-state index is 0.0319. The maximum atomic E-state index is 12.2. The van der Waals surface area contributed by atoms with Gasteiger partial charge in [0.15, 0.2) is 6.61 Å². The van der Waals surface area contributed by atoms with Crippen LogP contribution in [0.3, 0.4) is 0 Å². The molecule has 7 nitrogen and oxygen atoms in total. The molecule has 1 N–H and O–H groups in total. The Balaban J connectivity index is 2.03. The number of thiophene rings is 1. The van der Waals surface area contributed by atoms with Gasteiger partial charge in [0.1, 0.15) is 0 Å². The number of ether oxygens (including phenoxy) is 1. The van der Waals surface area contributed by atoms with Crippen molar-refractivity contribution in [1.82, 2.24) is 9.62 Å². The van der Waals surface area contributed by atoms with Gasteiger partial charge in [0.2, 0.25) is 10.0 Å². The number of esters is 1. The van der Waals surface area contributed by atoms with Crippen LogP contribution >= 0.6 is 22.9 Å². The molecule has 0 aliphatic heterocycles. The zero-order valence-electron chi connectivity index (χ0n) is 14.1. The van der Waals surface area contributed by atoms with Gasteiger partial charge in [-0.25, -0.2) is 17.9 Å². The molecule has 0 atom stereocenters. The van der Waals surface area contributed by atoms with Crippen molar-refractivity contribution in [3.63, 3.8) is 0 Å². The summed E-state index contributed by atoms with van der Waals surface area (Å²) in [6.07, 6.45) is 0. The van der Waals surface area contributed by atoms with E-state index in [1.807, 2.05) is 17.5 Å². The van der Waals surface area contributed by atoms with Crippen molar-refractivity contribution in [1.29, 1.82) is 0 Å². The summed E-state index contributed by atoms with van der Waals surface area (Å²) in [5, 5.41) is 1.94. The number of rotatable bonds is 7. The van der Waals surface area contributed by atoms with Gasteiger partial charge < -0.3 is 9.64 Å². The number of sulfonamides is 1. The Labute approximate surface area is 160 Å². The molecule has 1 aromatic heterocycles. The Bertz CT molecular complexity index is 897. The number of hydrogen-bond donors (Lipinski definition) is 1. The third-order valence-electron chi connectivity index (χ3n) is 3.46. The maximum absolute atomic E-state index is 12.2. The maximum Gasteiger partial charge on any atom is 0.340 e. The van der Waals surface area contributed by atoms with Crippen LogP contribution in [0.25, 0.3) is 0 Å². The van der Waals surface area contributed by atoms with Gasteiger partial charge in [-0.3, -0.25) is 4.79 Å². The van der Waals surface area contributed by atoms with E-state index in [1.165, 1.54) is 35.4 Å². The first kappa shape index (κ1) is 20.4. The van der Waals surface area contributed by atoms with Gasteiger partial charge in [-0.05, 0) is 36.7 Å². The SMILES string of the molecule is CNS(=O)(=O)c1ccc(Cl)c(C(=O)OCC(=O)N(C)Cc2cccs2)c1. The summed E-state index contributed by atoms with van der Waals surface area (Å²) < 4.78 is 30.8. The summed E-state index contributed by atoms with van der Waals surface area (Å²) in [5.74, 6) is -1.26. The molecule has 0 aliphatic rings. The van der Waals surface area contributed by atoms with Crippen molar-refractivity contribution < 1.29 is 22.7 Å². The predicted octanol–water partition coefficient (Wildman–Crippen LogP) is 2.12. The summed E-state index contributed by atoms with van der Waals surface area (Å²) >= 11 is 7.46. The molecule has 26 heavy (non-hydrogen) atoms. The third kappa shape index (κ3) is 5.04. The molecule has 0 saturated heterocycles. The summed E-state index contributed by atoms with van der Waals surface area (Å²) in [5.41, 5.74) is -0.128. The van der Waals surface area contributed by atoms with Gasteiger partial charge in [-0.15, -0.1) is 11.3 Å². The highest BCUT2D eigenvalue weighted by Gasteiger charge is 2.20. The summed E-state index contributed by atoms with van der Waals surface area (Å²) in [6.45, 7) is -0.0647. The molecule has 1 heterocycles. The Morgan fingerprint density at radius 1 is 1.31 bits per heavy atom. The molecule has 0 bridgehead atoms. The molecular weight excluding hydrogens is 400 g/mol. The number of carbonyl (C=O) groups is 2. The van der Waals surface area contributed by atoms with Crippen molar-refractivity contribution in [3.05, 3.63) is 51.2 Å². The lowest BCUT2D eigenvalue weighted by molar-refractivity contribution is -0.133. The van der Waals surface area contributed by atoms with E-state index in [0.717, 1.165) is 10.9 Å². The van der Waals surface area contributed by atoms with Gasteiger partial charge in [0, 0.05) is 11.9 Å². The zero-order valence-corrected chi connectivity index (χ0v) is 16.5. The lowest BCUT2D eigenvalue weighted by Gasteiger charge is -2.16. The molecule has 0 unspecified atom stereocenters. The third-order valence-corrected chi connectivity index (χ3v) is 6.07. The minimum atomic E-state index is -3.74. The second-order valence-corrected chi connectivity index (χ2v) is 8.58. The summed E-state index contributed by atoms with van der Waals surface area (Å²) in [6, 6.07) is 7.44. The molecule has 10 heteroatoms. The van der Waals surface area contributed by atoms with E-state index in [2.05, 4.69) is 4.72 Å². The van der Waals surface area contributed by atoms with E-state index in [4.69, 9.17) is 16.3 Å². The second-order valence-electron chi connectivity index (χ2n) is 5.25. The molecule has 0 radical (unpaired) electrons. The van der Waals surface area contributed by atoms with E-state index in [1.54, 1.807) is 7.05 Å². The number of amides is 1. The van der Waals surface area contributed by atoms with Crippen molar-refractivity contribution >= 4 is 44.8 Å². The van der Waals surface area contributed by atoms with Crippen LogP contribution < -0.4 is 4.72 Å².